The Hall–Kier alpha value is -1.22. The van der Waals surface area contributed by atoms with Crippen molar-refractivity contribution in [2.45, 2.75) is 6.18 Å². The van der Waals surface area contributed by atoms with Crippen LogP contribution in [0.3, 0.4) is 0 Å². The van der Waals surface area contributed by atoms with Gasteiger partial charge in [-0.3, -0.25) is 0 Å². The molecule has 1 unspecified atom stereocenters. The second-order valence-corrected chi connectivity index (χ2v) is 3.53. The second kappa shape index (κ2) is 5.41. The van der Waals surface area contributed by atoms with E-state index in [-0.39, 0.29) is 0 Å². The quantitative estimate of drug-likeness (QED) is 0.793. The van der Waals surface area contributed by atoms with Gasteiger partial charge in [0, 0.05) is 0 Å². The lowest BCUT2D eigenvalue weighted by atomic mass is 10.3. The highest BCUT2D eigenvalue weighted by molar-refractivity contribution is 7.75. The first-order valence-corrected chi connectivity index (χ1v) is 5.04. The highest BCUT2D eigenvalue weighted by Crippen LogP contribution is 2.21. The van der Waals surface area contributed by atoms with Crippen molar-refractivity contribution in [1.29, 1.82) is 0 Å². The lowest BCUT2D eigenvalue weighted by molar-refractivity contribution is -0.152. The highest BCUT2D eigenvalue weighted by Gasteiger charge is 2.29. The van der Waals surface area contributed by atoms with Crippen molar-refractivity contribution in [3.8, 4) is 5.75 Å². The van der Waals surface area contributed by atoms with Crippen LogP contribution in [0, 0.1) is 11.6 Å². The van der Waals surface area contributed by atoms with Gasteiger partial charge in [-0.05, 0) is 12.1 Å². The molecule has 17 heavy (non-hydrogen) atoms. The molecule has 1 aromatic carbocycles. The third-order valence-electron chi connectivity index (χ3n) is 1.39. The first-order chi connectivity index (χ1) is 7.79. The molecule has 0 spiro atoms. The van der Waals surface area contributed by atoms with Gasteiger partial charge in [0.25, 0.3) is 0 Å². The van der Waals surface area contributed by atoms with E-state index in [0.29, 0.717) is 0 Å². The summed E-state index contributed by atoms with van der Waals surface area (Å²) < 4.78 is 79.2. The fraction of sp³-hybridized carbons (Fsp3) is 0.250. The van der Waals surface area contributed by atoms with Gasteiger partial charge in [0.1, 0.15) is 0 Å². The van der Waals surface area contributed by atoms with Crippen LogP contribution >= 0.6 is 0 Å². The molecule has 0 aliphatic carbocycles. The Morgan fingerprint density at radius 1 is 1.24 bits per heavy atom. The lowest BCUT2D eigenvalue weighted by Gasteiger charge is -2.07. The summed E-state index contributed by atoms with van der Waals surface area (Å²) in [7, 11) is 0. The highest BCUT2D eigenvalue weighted by atomic mass is 32.2. The first-order valence-electron chi connectivity index (χ1n) is 4.04. The van der Waals surface area contributed by atoms with E-state index in [1.54, 1.807) is 0 Å². The zero-order valence-electron chi connectivity index (χ0n) is 7.96. The van der Waals surface area contributed by atoms with Gasteiger partial charge in [0.15, 0.2) is 18.2 Å². The minimum absolute atomic E-state index is 0.766. The first kappa shape index (κ1) is 13.8. The van der Waals surface area contributed by atoms with Crippen molar-refractivity contribution in [2.24, 2.45) is 0 Å². The van der Waals surface area contributed by atoms with E-state index in [1.165, 1.54) is 0 Å². The molecule has 1 atom stereocenters. The fourth-order valence-corrected chi connectivity index (χ4v) is 1.31. The van der Waals surface area contributed by atoms with Crippen molar-refractivity contribution in [3.63, 3.8) is 0 Å². The summed E-state index contributed by atoms with van der Waals surface area (Å²) in [6, 6.07) is 2.70. The Balaban J connectivity index is 2.60. The molecule has 1 aromatic rings. The molecule has 3 nitrogen and oxygen atoms in total. The molecule has 96 valence electrons. The van der Waals surface area contributed by atoms with Crippen molar-refractivity contribution in [3.05, 3.63) is 29.8 Å². The molecule has 0 radical (unpaired) electrons. The van der Waals surface area contributed by atoms with Crippen LogP contribution in [-0.4, -0.2) is 17.0 Å². The molecule has 0 fully saturated rings. The molecule has 0 bridgehead atoms. The summed E-state index contributed by atoms with van der Waals surface area (Å²) in [6.45, 7) is -1.82. The van der Waals surface area contributed by atoms with Crippen LogP contribution < -0.4 is 4.18 Å². The molecular weight excluding hydrogens is 271 g/mol. The second-order valence-electron chi connectivity index (χ2n) is 2.72. The summed E-state index contributed by atoms with van der Waals surface area (Å²) in [5.74, 6) is -3.54. The summed E-state index contributed by atoms with van der Waals surface area (Å²) in [4.78, 5) is 0. The maximum Gasteiger partial charge on any atom is 0.413 e. The van der Waals surface area contributed by atoms with Gasteiger partial charge in [-0.25, -0.2) is 8.57 Å². The molecule has 0 N–H and O–H groups in total. The SMILES string of the molecule is O=S(OCC(F)(F)F)Oc1cccc(F)c1F. The fourth-order valence-electron chi connectivity index (χ4n) is 0.761. The molecule has 0 heterocycles. The minimum Gasteiger partial charge on any atom is -0.377 e. The maximum absolute atomic E-state index is 12.9. The van der Waals surface area contributed by atoms with Gasteiger partial charge in [-0.2, -0.15) is 21.8 Å². The van der Waals surface area contributed by atoms with E-state index in [9.17, 15) is 26.2 Å². The van der Waals surface area contributed by atoms with Crippen molar-refractivity contribution in [2.75, 3.05) is 6.61 Å². The Bertz CT molecular complexity index is 420. The standard InChI is InChI=1S/C8H5F5O3S/c9-5-2-1-3-6(7(5)10)16-17(14)15-4-8(11,12)13/h1-3H,4H2. The molecule has 1 rings (SSSR count). The van der Waals surface area contributed by atoms with Crippen LogP contribution in [0.25, 0.3) is 0 Å². The molecular formula is C8H5F5O3S. The van der Waals surface area contributed by atoms with Crippen LogP contribution in [0.15, 0.2) is 18.2 Å². The summed E-state index contributed by atoms with van der Waals surface area (Å²) in [5, 5.41) is 0. The van der Waals surface area contributed by atoms with Gasteiger partial charge >= 0.3 is 17.5 Å². The molecule has 0 aliphatic rings. The molecule has 0 saturated heterocycles. The summed E-state index contributed by atoms with van der Waals surface area (Å²) in [5.41, 5.74) is 0. The molecule has 0 aliphatic heterocycles. The van der Waals surface area contributed by atoms with E-state index in [1.807, 2.05) is 0 Å². The van der Waals surface area contributed by atoms with Crippen LogP contribution in [0.5, 0.6) is 5.75 Å². The van der Waals surface area contributed by atoms with Crippen LogP contribution in [0.2, 0.25) is 0 Å². The zero-order valence-corrected chi connectivity index (χ0v) is 8.78. The topological polar surface area (TPSA) is 35.5 Å². The number of benzene rings is 1. The molecule has 9 heteroatoms. The third-order valence-corrected chi connectivity index (χ3v) is 2.02. The largest absolute Gasteiger partial charge is 0.413 e. The molecule has 0 aromatic heterocycles. The van der Waals surface area contributed by atoms with Gasteiger partial charge in [0.05, 0.1) is 0 Å². The average Bonchev–Trinajstić information content (AvgIpc) is 2.21. The zero-order chi connectivity index (χ0) is 13.1. The van der Waals surface area contributed by atoms with Crippen molar-refractivity contribution < 1.29 is 34.5 Å². The predicted molar refractivity (Wildman–Crippen MR) is 47.1 cm³/mol. The predicted octanol–water partition coefficient (Wildman–Crippen LogP) is 2.50. The number of alkyl halides is 3. The van der Waals surface area contributed by atoms with E-state index in [4.69, 9.17) is 0 Å². The van der Waals surface area contributed by atoms with E-state index in [2.05, 4.69) is 8.37 Å². The summed E-state index contributed by atoms with van der Waals surface area (Å²) in [6.07, 6.45) is -4.69. The minimum atomic E-state index is -4.69. The number of halogens is 5. The number of hydrogen-bond acceptors (Lipinski definition) is 3. The van der Waals surface area contributed by atoms with Crippen LogP contribution in [0.4, 0.5) is 22.0 Å². The van der Waals surface area contributed by atoms with Crippen molar-refractivity contribution in [1.82, 2.24) is 0 Å². The van der Waals surface area contributed by atoms with Gasteiger partial charge in [0.2, 0.25) is 5.82 Å². The number of rotatable bonds is 4. The Kier molecular flexibility index (Phi) is 4.40. The molecule has 0 amide bonds. The normalized spacial score (nSPS) is 13.5. The van der Waals surface area contributed by atoms with Crippen LogP contribution in [-0.2, 0) is 15.5 Å². The van der Waals surface area contributed by atoms with Gasteiger partial charge in [-0.1, -0.05) is 6.07 Å². The average molecular weight is 276 g/mol. The smallest absolute Gasteiger partial charge is 0.377 e. The molecule has 0 saturated carbocycles. The van der Waals surface area contributed by atoms with E-state index >= 15 is 0 Å². The number of hydrogen-bond donors (Lipinski definition) is 0. The van der Waals surface area contributed by atoms with E-state index in [0.717, 1.165) is 18.2 Å². The Morgan fingerprint density at radius 2 is 1.88 bits per heavy atom. The van der Waals surface area contributed by atoms with Gasteiger partial charge < -0.3 is 4.18 Å². The Labute approximate surface area is 95.0 Å². The monoisotopic (exact) mass is 276 g/mol. The Morgan fingerprint density at radius 3 is 2.47 bits per heavy atom. The lowest BCUT2D eigenvalue weighted by Crippen LogP contribution is -2.19. The maximum atomic E-state index is 12.9. The summed E-state index contributed by atoms with van der Waals surface area (Å²) >= 11 is -2.86. The van der Waals surface area contributed by atoms with E-state index < -0.39 is 41.5 Å². The third kappa shape index (κ3) is 4.65. The van der Waals surface area contributed by atoms with Crippen LogP contribution in [0.1, 0.15) is 0 Å². The van der Waals surface area contributed by atoms with Gasteiger partial charge in [-0.15, -0.1) is 0 Å². The van der Waals surface area contributed by atoms with Crippen molar-refractivity contribution >= 4 is 11.4 Å².